The first-order chi connectivity index (χ1) is 5.24. The Bertz CT molecular complexity index is 106. The number of methoxy groups -OCH3 is 1. The number of aliphatic hydroxyl groups excluding tert-OH is 1. The summed E-state index contributed by atoms with van der Waals surface area (Å²) >= 11 is 0. The maximum atomic E-state index is 9.35. The van der Waals surface area contributed by atoms with Gasteiger partial charge in [-0.1, -0.05) is 19.8 Å². The zero-order chi connectivity index (χ0) is 8.27. The maximum Gasteiger partial charge on any atom is 0.156 e. The minimum absolute atomic E-state index is 0.385. The highest BCUT2D eigenvalue weighted by molar-refractivity contribution is 4.71. The number of ether oxygens (including phenoxy) is 1. The van der Waals surface area contributed by atoms with Crippen LogP contribution < -0.4 is 0 Å². The monoisotopic (exact) mass is 158 g/mol. The molecule has 1 fully saturated rings. The Hall–Kier alpha value is -0.0800. The predicted octanol–water partition coefficient (Wildman–Crippen LogP) is 1.78. The first kappa shape index (κ1) is 9.01. The van der Waals surface area contributed by atoms with Crippen LogP contribution in [0, 0.1) is 11.8 Å². The molecular weight excluding hydrogens is 140 g/mol. The van der Waals surface area contributed by atoms with Gasteiger partial charge in [-0.15, -0.1) is 0 Å². The summed E-state index contributed by atoms with van der Waals surface area (Å²) in [6.07, 6.45) is 4.20. The van der Waals surface area contributed by atoms with Crippen molar-refractivity contribution < 1.29 is 9.84 Å². The predicted molar refractivity (Wildman–Crippen MR) is 44.1 cm³/mol. The van der Waals surface area contributed by atoms with Gasteiger partial charge in [0.2, 0.25) is 0 Å². The van der Waals surface area contributed by atoms with Crippen molar-refractivity contribution in [1.29, 1.82) is 0 Å². The lowest BCUT2D eigenvalue weighted by Gasteiger charge is -2.28. The van der Waals surface area contributed by atoms with E-state index in [0.717, 1.165) is 18.8 Å². The van der Waals surface area contributed by atoms with Crippen LogP contribution >= 0.6 is 0 Å². The van der Waals surface area contributed by atoms with E-state index in [-0.39, 0.29) is 0 Å². The third kappa shape index (κ3) is 2.46. The molecule has 1 aliphatic rings. The Morgan fingerprint density at radius 1 is 1.27 bits per heavy atom. The van der Waals surface area contributed by atoms with E-state index in [1.165, 1.54) is 12.8 Å². The highest BCUT2D eigenvalue weighted by atomic mass is 16.6. The van der Waals surface area contributed by atoms with Crippen molar-refractivity contribution in [1.82, 2.24) is 0 Å². The molecule has 0 saturated heterocycles. The van der Waals surface area contributed by atoms with Crippen LogP contribution in [-0.2, 0) is 4.74 Å². The molecule has 0 aromatic carbocycles. The minimum atomic E-state index is -0.525. The smallest absolute Gasteiger partial charge is 0.156 e. The molecule has 0 heterocycles. The van der Waals surface area contributed by atoms with E-state index < -0.39 is 6.29 Å². The summed E-state index contributed by atoms with van der Waals surface area (Å²) in [7, 11) is 1.57. The number of hydrogen-bond acceptors (Lipinski definition) is 2. The molecule has 1 unspecified atom stereocenters. The van der Waals surface area contributed by atoms with Gasteiger partial charge in [0.25, 0.3) is 0 Å². The fraction of sp³-hybridized carbons (Fsp3) is 1.00. The average Bonchev–Trinajstić information content (AvgIpc) is 2.05. The van der Waals surface area contributed by atoms with E-state index in [1.54, 1.807) is 7.11 Å². The zero-order valence-electron chi connectivity index (χ0n) is 7.42. The fourth-order valence-corrected chi connectivity index (χ4v) is 1.76. The first-order valence-corrected chi connectivity index (χ1v) is 4.45. The molecule has 2 nitrogen and oxygen atoms in total. The van der Waals surface area contributed by atoms with Gasteiger partial charge >= 0.3 is 0 Å². The van der Waals surface area contributed by atoms with Gasteiger partial charge in [-0.25, -0.2) is 0 Å². The molecule has 0 aromatic heterocycles. The lowest BCUT2D eigenvalue weighted by molar-refractivity contribution is -0.122. The summed E-state index contributed by atoms with van der Waals surface area (Å²) in [5, 5.41) is 9.35. The van der Waals surface area contributed by atoms with E-state index in [4.69, 9.17) is 4.74 Å². The van der Waals surface area contributed by atoms with Crippen LogP contribution in [0.4, 0.5) is 0 Å². The minimum Gasteiger partial charge on any atom is -0.368 e. The number of rotatable bonds is 2. The Balaban J connectivity index is 2.27. The molecule has 0 amide bonds. The number of hydrogen-bond donors (Lipinski definition) is 1. The van der Waals surface area contributed by atoms with E-state index in [9.17, 15) is 5.11 Å². The molecule has 0 radical (unpaired) electrons. The van der Waals surface area contributed by atoms with Crippen molar-refractivity contribution in [2.45, 2.75) is 38.9 Å². The molecule has 66 valence electrons. The molecule has 1 atom stereocenters. The Kier molecular flexibility index (Phi) is 3.34. The molecule has 11 heavy (non-hydrogen) atoms. The van der Waals surface area contributed by atoms with Crippen molar-refractivity contribution in [2.24, 2.45) is 11.8 Å². The third-order valence-corrected chi connectivity index (χ3v) is 2.71. The van der Waals surface area contributed by atoms with Gasteiger partial charge in [0.15, 0.2) is 6.29 Å². The molecule has 0 aliphatic heterocycles. The lowest BCUT2D eigenvalue weighted by Crippen LogP contribution is -2.26. The molecular formula is C9H18O2. The second-order valence-electron chi connectivity index (χ2n) is 3.65. The van der Waals surface area contributed by atoms with Gasteiger partial charge in [-0.3, -0.25) is 0 Å². The van der Waals surface area contributed by atoms with Gasteiger partial charge < -0.3 is 9.84 Å². The molecule has 1 N–H and O–H groups in total. The van der Waals surface area contributed by atoms with Crippen molar-refractivity contribution in [3.8, 4) is 0 Å². The largest absolute Gasteiger partial charge is 0.368 e. The lowest BCUT2D eigenvalue weighted by atomic mass is 9.83. The topological polar surface area (TPSA) is 29.5 Å². The highest BCUT2D eigenvalue weighted by Crippen LogP contribution is 2.30. The summed E-state index contributed by atoms with van der Waals surface area (Å²) in [4.78, 5) is 0. The van der Waals surface area contributed by atoms with Crippen molar-refractivity contribution in [3.63, 3.8) is 0 Å². The van der Waals surface area contributed by atoms with Gasteiger partial charge in [-0.2, -0.15) is 0 Å². The first-order valence-electron chi connectivity index (χ1n) is 4.45. The van der Waals surface area contributed by atoms with Crippen LogP contribution in [0.15, 0.2) is 0 Å². The summed E-state index contributed by atoms with van der Waals surface area (Å²) < 4.78 is 4.88. The Labute approximate surface area is 68.6 Å². The van der Waals surface area contributed by atoms with Gasteiger partial charge in [0.05, 0.1) is 0 Å². The van der Waals surface area contributed by atoms with E-state index in [0.29, 0.717) is 5.92 Å². The summed E-state index contributed by atoms with van der Waals surface area (Å²) in [5.74, 6) is 1.23. The fourth-order valence-electron chi connectivity index (χ4n) is 1.76. The molecule has 1 aliphatic carbocycles. The second-order valence-corrected chi connectivity index (χ2v) is 3.65. The molecule has 0 spiro atoms. The third-order valence-electron chi connectivity index (χ3n) is 2.71. The Morgan fingerprint density at radius 2 is 1.82 bits per heavy atom. The normalized spacial score (nSPS) is 35.2. The number of aliphatic hydroxyl groups is 1. The molecule has 0 bridgehead atoms. The summed E-state index contributed by atoms with van der Waals surface area (Å²) in [6.45, 7) is 2.27. The standard InChI is InChI=1S/C9H18O2/c1-7-3-5-8(6-4-7)9(10)11-2/h7-10H,3-6H2,1-2H3/t7-,8+,9?. The highest BCUT2D eigenvalue weighted by Gasteiger charge is 2.23. The summed E-state index contributed by atoms with van der Waals surface area (Å²) in [5.41, 5.74) is 0. The van der Waals surface area contributed by atoms with Crippen LogP contribution in [0.2, 0.25) is 0 Å². The van der Waals surface area contributed by atoms with E-state index >= 15 is 0 Å². The van der Waals surface area contributed by atoms with E-state index in [2.05, 4.69) is 6.92 Å². The van der Waals surface area contributed by atoms with Crippen molar-refractivity contribution in [2.75, 3.05) is 7.11 Å². The van der Waals surface area contributed by atoms with Crippen LogP contribution in [0.3, 0.4) is 0 Å². The van der Waals surface area contributed by atoms with Crippen LogP contribution in [0.5, 0.6) is 0 Å². The summed E-state index contributed by atoms with van der Waals surface area (Å²) in [6, 6.07) is 0. The van der Waals surface area contributed by atoms with Crippen LogP contribution in [-0.4, -0.2) is 18.5 Å². The van der Waals surface area contributed by atoms with Crippen molar-refractivity contribution in [3.05, 3.63) is 0 Å². The molecule has 0 aromatic rings. The van der Waals surface area contributed by atoms with E-state index in [1.807, 2.05) is 0 Å². The SMILES string of the molecule is COC(O)[C@H]1CC[C@@H](C)CC1. The average molecular weight is 158 g/mol. The van der Waals surface area contributed by atoms with Gasteiger partial charge in [-0.05, 0) is 18.8 Å². The molecule has 2 heteroatoms. The van der Waals surface area contributed by atoms with Gasteiger partial charge in [0.1, 0.15) is 0 Å². The maximum absolute atomic E-state index is 9.35. The molecule has 1 rings (SSSR count). The second kappa shape index (κ2) is 4.07. The zero-order valence-corrected chi connectivity index (χ0v) is 7.42. The Morgan fingerprint density at radius 3 is 2.27 bits per heavy atom. The van der Waals surface area contributed by atoms with Crippen LogP contribution in [0.25, 0.3) is 0 Å². The van der Waals surface area contributed by atoms with Crippen LogP contribution in [0.1, 0.15) is 32.6 Å². The molecule has 1 saturated carbocycles. The van der Waals surface area contributed by atoms with Crippen molar-refractivity contribution >= 4 is 0 Å². The quantitative estimate of drug-likeness (QED) is 0.621. The van der Waals surface area contributed by atoms with Gasteiger partial charge in [0, 0.05) is 13.0 Å².